The van der Waals surface area contributed by atoms with Crippen LogP contribution in [0.3, 0.4) is 0 Å². The first-order chi connectivity index (χ1) is 33.5. The van der Waals surface area contributed by atoms with E-state index in [2.05, 4.69) is 43.5 Å². The summed E-state index contributed by atoms with van der Waals surface area (Å²) >= 11 is 0. The summed E-state index contributed by atoms with van der Waals surface area (Å²) in [5.41, 5.74) is 0. The molecule has 0 aliphatic rings. The first-order valence-electron chi connectivity index (χ1n) is 30.3. The number of hydrogen-bond acceptors (Lipinski definition) is 5. The molecule has 6 nitrogen and oxygen atoms in total. The molecule has 0 spiro atoms. The first-order valence-corrected chi connectivity index (χ1v) is 30.3. The van der Waals surface area contributed by atoms with E-state index in [1.165, 1.54) is 250 Å². The molecule has 2 atom stereocenters. The van der Waals surface area contributed by atoms with Crippen LogP contribution in [-0.2, 0) is 14.3 Å². The molecule has 0 aromatic carbocycles. The van der Waals surface area contributed by atoms with Gasteiger partial charge in [0, 0.05) is 12.8 Å². The topological polar surface area (TPSA) is 95.9 Å². The highest BCUT2D eigenvalue weighted by atomic mass is 16.5. The number of amides is 1. The molecular formula is C62H117NO5. The Labute approximate surface area is 424 Å². The number of aliphatic hydroxyl groups is 2. The van der Waals surface area contributed by atoms with Crippen molar-refractivity contribution in [1.82, 2.24) is 5.32 Å². The average molecular weight is 957 g/mol. The van der Waals surface area contributed by atoms with E-state index in [9.17, 15) is 19.8 Å². The van der Waals surface area contributed by atoms with Crippen molar-refractivity contribution in [3.63, 3.8) is 0 Å². The molecule has 0 aromatic heterocycles. The highest BCUT2D eigenvalue weighted by Gasteiger charge is 2.18. The molecule has 0 aliphatic heterocycles. The van der Waals surface area contributed by atoms with Crippen LogP contribution in [0.25, 0.3) is 0 Å². The summed E-state index contributed by atoms with van der Waals surface area (Å²) in [4.78, 5) is 24.5. The molecule has 0 aromatic rings. The lowest BCUT2D eigenvalue weighted by Crippen LogP contribution is -2.45. The van der Waals surface area contributed by atoms with E-state index < -0.39 is 12.1 Å². The molecule has 400 valence electrons. The minimum absolute atomic E-state index is 0.0112. The molecule has 1 amide bonds. The van der Waals surface area contributed by atoms with Crippen LogP contribution >= 0.6 is 0 Å². The third-order valence-corrected chi connectivity index (χ3v) is 13.9. The zero-order valence-corrected chi connectivity index (χ0v) is 45.6. The number of unbranched alkanes of at least 4 members (excludes halogenated alkanes) is 41. The van der Waals surface area contributed by atoms with Crippen molar-refractivity contribution in [3.8, 4) is 0 Å². The second-order valence-electron chi connectivity index (χ2n) is 20.7. The van der Waals surface area contributed by atoms with Gasteiger partial charge in [0.15, 0.2) is 0 Å². The van der Waals surface area contributed by atoms with Crippen LogP contribution in [0.4, 0.5) is 0 Å². The van der Waals surface area contributed by atoms with Gasteiger partial charge in [0.2, 0.25) is 5.91 Å². The van der Waals surface area contributed by atoms with Crippen molar-refractivity contribution in [1.29, 1.82) is 0 Å². The van der Waals surface area contributed by atoms with Crippen molar-refractivity contribution < 1.29 is 24.5 Å². The summed E-state index contributed by atoms with van der Waals surface area (Å²) in [6.07, 6.45) is 71.8. The molecular weight excluding hydrogens is 839 g/mol. The fourth-order valence-electron chi connectivity index (χ4n) is 9.25. The second-order valence-corrected chi connectivity index (χ2v) is 20.7. The maximum atomic E-state index is 12.4. The van der Waals surface area contributed by atoms with E-state index in [0.29, 0.717) is 19.4 Å². The molecule has 0 saturated carbocycles. The maximum Gasteiger partial charge on any atom is 0.305 e. The van der Waals surface area contributed by atoms with Crippen LogP contribution in [0.2, 0.25) is 0 Å². The Morgan fingerprint density at radius 1 is 0.412 bits per heavy atom. The van der Waals surface area contributed by atoms with Crippen molar-refractivity contribution in [2.24, 2.45) is 0 Å². The minimum Gasteiger partial charge on any atom is -0.466 e. The van der Waals surface area contributed by atoms with Gasteiger partial charge < -0.3 is 20.3 Å². The smallest absolute Gasteiger partial charge is 0.305 e. The zero-order chi connectivity index (χ0) is 49.3. The van der Waals surface area contributed by atoms with E-state index in [1.807, 2.05) is 6.08 Å². The molecule has 0 saturated heterocycles. The Bertz CT molecular complexity index is 1100. The third kappa shape index (κ3) is 53.4. The first kappa shape index (κ1) is 66.1. The Hall–Kier alpha value is -1.92. The van der Waals surface area contributed by atoms with Crippen molar-refractivity contribution in [2.75, 3.05) is 13.2 Å². The number of carbonyl (C=O) groups excluding carboxylic acids is 2. The van der Waals surface area contributed by atoms with Crippen LogP contribution in [0, 0.1) is 0 Å². The van der Waals surface area contributed by atoms with Crippen molar-refractivity contribution in [2.45, 2.75) is 334 Å². The van der Waals surface area contributed by atoms with Crippen molar-refractivity contribution in [3.05, 3.63) is 36.5 Å². The predicted octanol–water partition coefficient (Wildman–Crippen LogP) is 18.8. The van der Waals surface area contributed by atoms with E-state index in [0.717, 1.165) is 44.9 Å². The predicted molar refractivity (Wildman–Crippen MR) is 296 cm³/mol. The molecule has 0 aliphatic carbocycles. The lowest BCUT2D eigenvalue weighted by molar-refractivity contribution is -0.143. The molecule has 6 heteroatoms. The minimum atomic E-state index is -0.847. The highest BCUT2D eigenvalue weighted by molar-refractivity contribution is 5.76. The number of rotatable bonds is 56. The normalized spacial score (nSPS) is 12.8. The van der Waals surface area contributed by atoms with E-state index in [-0.39, 0.29) is 18.5 Å². The number of aliphatic hydroxyl groups excluding tert-OH is 2. The number of carbonyl (C=O) groups is 2. The summed E-state index contributed by atoms with van der Waals surface area (Å²) in [6.45, 7) is 4.90. The van der Waals surface area contributed by atoms with E-state index in [1.54, 1.807) is 6.08 Å². The van der Waals surface area contributed by atoms with Crippen LogP contribution in [0.1, 0.15) is 322 Å². The van der Waals surface area contributed by atoms with Gasteiger partial charge in [-0.2, -0.15) is 0 Å². The van der Waals surface area contributed by atoms with Crippen molar-refractivity contribution >= 4 is 11.9 Å². The number of nitrogens with one attached hydrogen (secondary N) is 1. The number of ether oxygens (including phenoxy) is 1. The summed E-state index contributed by atoms with van der Waals surface area (Å²) in [6, 6.07) is -0.631. The lowest BCUT2D eigenvalue weighted by Gasteiger charge is -2.20. The van der Waals surface area contributed by atoms with Crippen LogP contribution in [-0.4, -0.2) is 47.4 Å². The van der Waals surface area contributed by atoms with Gasteiger partial charge in [-0.15, -0.1) is 0 Å². The molecule has 0 bridgehead atoms. The monoisotopic (exact) mass is 956 g/mol. The van der Waals surface area contributed by atoms with Crippen LogP contribution in [0.15, 0.2) is 36.5 Å². The van der Waals surface area contributed by atoms with Gasteiger partial charge in [-0.05, 0) is 64.2 Å². The lowest BCUT2D eigenvalue weighted by atomic mass is 10.0. The molecule has 68 heavy (non-hydrogen) atoms. The number of esters is 1. The fraction of sp³-hybridized carbons (Fsp3) is 0.871. The van der Waals surface area contributed by atoms with Gasteiger partial charge in [-0.3, -0.25) is 9.59 Å². The highest BCUT2D eigenvalue weighted by Crippen LogP contribution is 2.17. The number of hydrogen-bond donors (Lipinski definition) is 3. The Morgan fingerprint density at radius 2 is 0.735 bits per heavy atom. The summed E-state index contributed by atoms with van der Waals surface area (Å²) in [5.74, 6) is -0.0639. The second kappa shape index (κ2) is 57.7. The van der Waals surface area contributed by atoms with Gasteiger partial charge in [0.05, 0.1) is 25.4 Å². The van der Waals surface area contributed by atoms with Gasteiger partial charge in [0.25, 0.3) is 0 Å². The summed E-state index contributed by atoms with van der Waals surface area (Å²) in [7, 11) is 0. The standard InChI is InChI=1S/C62H117NO5/c1-3-5-7-9-11-13-15-16-28-32-36-40-44-48-52-56-62(67)68-57-53-49-45-41-37-33-30-27-25-23-21-19-17-18-20-22-24-26-29-31-35-39-43-47-51-55-61(66)63-59(58-64)60(65)54-50-46-42-38-34-14-12-10-8-6-4-2/h18-21,50,54,59-60,64-65H,3-17,22-49,51-53,55-58H2,1-2H3,(H,63,66)/b20-18-,21-19-,54-50+. The van der Waals surface area contributed by atoms with Gasteiger partial charge >= 0.3 is 5.97 Å². The quantitative estimate of drug-likeness (QED) is 0.0321. The summed E-state index contributed by atoms with van der Waals surface area (Å²) in [5, 5.41) is 23.0. The SMILES string of the molecule is CCCCCCCCCCC/C=C/C(O)C(CO)NC(=O)CCCCCCCCCCC/C=C\C/C=C\CCCCCCCCCCCOC(=O)CCCCCCCCCCCCCCCCC. The molecule has 3 N–H and O–H groups in total. The average Bonchev–Trinajstić information content (AvgIpc) is 3.34. The van der Waals surface area contributed by atoms with Crippen LogP contribution in [0.5, 0.6) is 0 Å². The van der Waals surface area contributed by atoms with E-state index >= 15 is 0 Å². The molecule has 2 unspecified atom stereocenters. The van der Waals surface area contributed by atoms with Crippen LogP contribution < -0.4 is 5.32 Å². The molecule has 0 radical (unpaired) electrons. The summed E-state index contributed by atoms with van der Waals surface area (Å²) < 4.78 is 5.48. The van der Waals surface area contributed by atoms with Gasteiger partial charge in [-0.25, -0.2) is 0 Å². The molecule has 0 fully saturated rings. The maximum absolute atomic E-state index is 12.4. The fourth-order valence-corrected chi connectivity index (χ4v) is 9.25. The van der Waals surface area contributed by atoms with Gasteiger partial charge in [0.1, 0.15) is 0 Å². The Balaban J connectivity index is 3.42. The molecule has 0 heterocycles. The third-order valence-electron chi connectivity index (χ3n) is 13.9. The Morgan fingerprint density at radius 3 is 1.12 bits per heavy atom. The Kier molecular flexibility index (Phi) is 56.0. The molecule has 0 rings (SSSR count). The zero-order valence-electron chi connectivity index (χ0n) is 45.6. The van der Waals surface area contributed by atoms with Gasteiger partial charge in [-0.1, -0.05) is 281 Å². The number of allylic oxidation sites excluding steroid dienone is 5. The largest absolute Gasteiger partial charge is 0.466 e. The van der Waals surface area contributed by atoms with E-state index in [4.69, 9.17) is 4.74 Å².